The lowest BCUT2D eigenvalue weighted by Crippen LogP contribution is -2.44. The van der Waals surface area contributed by atoms with Crippen molar-refractivity contribution in [3.8, 4) is 0 Å². The number of ether oxygens (including phenoxy) is 1. The molecule has 2 aliphatic rings. The maximum atomic E-state index is 15.4. The number of aliphatic hydroxyl groups is 1. The molecule has 1 spiro atoms. The average Bonchev–Trinajstić information content (AvgIpc) is 3.09. The second-order valence-electron chi connectivity index (χ2n) is 8.42. The second kappa shape index (κ2) is 7.30. The van der Waals surface area contributed by atoms with Gasteiger partial charge in [0.2, 0.25) is 8.41 Å². The van der Waals surface area contributed by atoms with Crippen LogP contribution >= 0.6 is 15.9 Å². The van der Waals surface area contributed by atoms with E-state index in [0.717, 1.165) is 21.4 Å². The molecule has 1 saturated heterocycles. The topological polar surface area (TPSA) is 49.8 Å². The molecule has 0 aromatic heterocycles. The number of amides is 1. The maximum absolute atomic E-state index is 15.4. The van der Waals surface area contributed by atoms with Gasteiger partial charge in [-0.15, -0.1) is 0 Å². The van der Waals surface area contributed by atoms with Crippen LogP contribution in [0, 0.1) is 5.92 Å². The predicted molar refractivity (Wildman–Crippen MR) is 117 cm³/mol. The molecule has 0 unspecified atom stereocenters. The first-order valence-electron chi connectivity index (χ1n) is 9.89. The zero-order valence-corrected chi connectivity index (χ0v) is 19.3. The first kappa shape index (κ1) is 20.7. The van der Waals surface area contributed by atoms with Gasteiger partial charge in [-0.25, -0.2) is 0 Å². The zero-order chi connectivity index (χ0) is 21.0. The van der Waals surface area contributed by atoms with Crippen molar-refractivity contribution in [1.29, 1.82) is 0 Å². The van der Waals surface area contributed by atoms with Gasteiger partial charge in [-0.1, -0.05) is 41.1 Å². The molecule has 1 amide bonds. The van der Waals surface area contributed by atoms with E-state index in [-0.39, 0.29) is 24.0 Å². The Morgan fingerprint density at radius 3 is 2.55 bits per heavy atom. The number of anilines is 2. The number of para-hydroxylation sites is 1. The van der Waals surface area contributed by atoms with E-state index in [9.17, 15) is 9.90 Å². The number of carbonyl (C=O) groups is 1. The van der Waals surface area contributed by atoms with Gasteiger partial charge in [0.05, 0.1) is 11.8 Å². The van der Waals surface area contributed by atoms with Crippen molar-refractivity contribution in [2.75, 3.05) is 11.5 Å². The van der Waals surface area contributed by atoms with Crippen LogP contribution in [0.1, 0.15) is 18.9 Å². The van der Waals surface area contributed by atoms with Crippen LogP contribution in [0.15, 0.2) is 53.0 Å². The first-order valence-corrected chi connectivity index (χ1v) is 13.6. The molecular formula is C22H25BrFNO3Si. The number of nitrogens with zero attached hydrogens (tertiary/aromatic N) is 1. The lowest BCUT2D eigenvalue weighted by Gasteiger charge is -2.31. The quantitative estimate of drug-likeness (QED) is 0.480. The molecule has 2 aliphatic heterocycles. The maximum Gasteiger partial charge on any atom is 0.268 e. The normalized spacial score (nSPS) is 29.0. The highest BCUT2D eigenvalue weighted by Gasteiger charge is 2.66. The molecule has 1 N–H and O–H groups in total. The van der Waals surface area contributed by atoms with E-state index >= 15 is 4.11 Å². The third-order valence-corrected chi connectivity index (χ3v) is 9.21. The number of aliphatic hydroxyl groups excluding tert-OH is 1. The van der Waals surface area contributed by atoms with Crippen LogP contribution in [0.4, 0.5) is 15.5 Å². The number of rotatable bonds is 4. The molecule has 4 atom stereocenters. The Hall–Kier alpha value is -1.54. The van der Waals surface area contributed by atoms with E-state index in [0.29, 0.717) is 6.42 Å². The summed E-state index contributed by atoms with van der Waals surface area (Å²) >= 11 is 3.52. The van der Waals surface area contributed by atoms with Crippen LogP contribution in [-0.4, -0.2) is 32.1 Å². The number of carbonyl (C=O) groups excluding carboxylic acids is 1. The van der Waals surface area contributed by atoms with Crippen LogP contribution in [0.25, 0.3) is 0 Å². The zero-order valence-electron chi connectivity index (χ0n) is 16.7. The lowest BCUT2D eigenvalue weighted by molar-refractivity contribution is -0.145. The fourth-order valence-corrected chi connectivity index (χ4v) is 8.08. The molecule has 2 aromatic rings. The van der Waals surface area contributed by atoms with Crippen molar-refractivity contribution >= 4 is 41.6 Å². The van der Waals surface area contributed by atoms with Gasteiger partial charge in [0.1, 0.15) is 0 Å². The Labute approximate surface area is 180 Å². The monoisotopic (exact) mass is 477 g/mol. The van der Waals surface area contributed by atoms with E-state index in [1.165, 1.54) is 0 Å². The summed E-state index contributed by atoms with van der Waals surface area (Å²) in [6, 6.07) is 15.2. The van der Waals surface area contributed by atoms with Gasteiger partial charge in [-0.05, 0) is 49.8 Å². The fraction of sp³-hybridized carbons (Fsp3) is 0.409. The van der Waals surface area contributed by atoms with Crippen LogP contribution in [0.3, 0.4) is 0 Å². The highest BCUT2D eigenvalue weighted by atomic mass is 79.9. The molecule has 154 valence electrons. The molecule has 29 heavy (non-hydrogen) atoms. The molecule has 4 nitrogen and oxygen atoms in total. The third-order valence-electron chi connectivity index (χ3n) is 6.26. The first-order chi connectivity index (χ1) is 13.7. The largest absolute Gasteiger partial charge is 0.396 e. The van der Waals surface area contributed by atoms with E-state index in [2.05, 4.69) is 15.9 Å². The summed E-state index contributed by atoms with van der Waals surface area (Å²) in [5, 5.41) is 9.57. The minimum absolute atomic E-state index is 0.101. The summed E-state index contributed by atoms with van der Waals surface area (Å²) in [5.41, 5.74) is 0.638. The average molecular weight is 478 g/mol. The van der Waals surface area contributed by atoms with Gasteiger partial charge in [0, 0.05) is 33.8 Å². The number of hydrogen-bond acceptors (Lipinski definition) is 3. The van der Waals surface area contributed by atoms with Gasteiger partial charge in [0.25, 0.3) is 5.91 Å². The van der Waals surface area contributed by atoms with Gasteiger partial charge in [-0.2, -0.15) is 0 Å². The number of fused-ring (bicyclic) bond motifs is 2. The third kappa shape index (κ3) is 3.10. The molecular weight excluding hydrogens is 453 g/mol. The minimum Gasteiger partial charge on any atom is -0.396 e. The highest BCUT2D eigenvalue weighted by Crippen LogP contribution is 2.61. The van der Waals surface area contributed by atoms with E-state index < -0.39 is 20.1 Å². The van der Waals surface area contributed by atoms with Gasteiger partial charge < -0.3 is 14.0 Å². The highest BCUT2D eigenvalue weighted by molar-refractivity contribution is 9.10. The van der Waals surface area contributed by atoms with E-state index in [4.69, 9.17) is 4.74 Å². The SMILES string of the molecule is C[C@@H]1[C@@H]([Si](C)(C)F)[C@H](CCO)O[C@@]12C(=O)N(c1ccccc1)c1ccc(Br)cc12. The Morgan fingerprint density at radius 2 is 1.93 bits per heavy atom. The molecule has 2 heterocycles. The van der Waals surface area contributed by atoms with Crippen molar-refractivity contribution in [1.82, 2.24) is 0 Å². The standard InChI is InChI=1S/C22H25BrFNO3Si/c1-14-20(29(2,3)24)19(11-12-26)28-22(14)17-13-15(23)9-10-18(17)25(21(22)27)16-7-5-4-6-8-16/h4-10,13-14,19-20,26H,11-12H2,1-3H3/t14-,19+,20-,22+/m1/s1. The second-order valence-corrected chi connectivity index (χ2v) is 13.1. The summed E-state index contributed by atoms with van der Waals surface area (Å²) in [5.74, 6) is -0.534. The minimum atomic E-state index is -3.17. The molecule has 0 radical (unpaired) electrons. The Balaban J connectivity index is 1.92. The summed E-state index contributed by atoms with van der Waals surface area (Å²) in [6.07, 6.45) is -0.174. The fourth-order valence-electron chi connectivity index (χ4n) is 5.18. The van der Waals surface area contributed by atoms with Crippen LogP contribution < -0.4 is 4.90 Å². The molecule has 0 bridgehead atoms. The van der Waals surface area contributed by atoms with Crippen molar-refractivity contribution in [2.24, 2.45) is 5.92 Å². The molecule has 2 aromatic carbocycles. The van der Waals surface area contributed by atoms with Crippen LogP contribution in [-0.2, 0) is 15.1 Å². The Bertz CT molecular complexity index is 935. The summed E-state index contributed by atoms with van der Waals surface area (Å²) in [6.45, 7) is 5.15. The van der Waals surface area contributed by atoms with Gasteiger partial charge in [0.15, 0.2) is 5.60 Å². The van der Waals surface area contributed by atoms with Crippen molar-refractivity contribution in [3.63, 3.8) is 0 Å². The molecule has 7 heteroatoms. The van der Waals surface area contributed by atoms with Crippen molar-refractivity contribution in [2.45, 2.75) is 43.7 Å². The van der Waals surface area contributed by atoms with Gasteiger partial charge in [-0.3, -0.25) is 9.69 Å². The Kier molecular flexibility index (Phi) is 5.22. The molecule has 1 fully saturated rings. The molecule has 0 aliphatic carbocycles. The van der Waals surface area contributed by atoms with Crippen molar-refractivity contribution < 1.29 is 18.7 Å². The summed E-state index contributed by atoms with van der Waals surface area (Å²) < 4.78 is 22.7. The molecule has 4 rings (SSSR count). The molecule has 0 saturated carbocycles. The summed E-state index contributed by atoms with van der Waals surface area (Å²) in [4.78, 5) is 15.6. The van der Waals surface area contributed by atoms with Crippen molar-refractivity contribution in [3.05, 3.63) is 58.6 Å². The number of benzene rings is 2. The number of halogens is 2. The van der Waals surface area contributed by atoms with Gasteiger partial charge >= 0.3 is 0 Å². The van der Waals surface area contributed by atoms with E-state index in [1.807, 2.05) is 55.5 Å². The summed E-state index contributed by atoms with van der Waals surface area (Å²) in [7, 11) is -3.17. The van der Waals surface area contributed by atoms with Crippen LogP contribution in [0.2, 0.25) is 18.6 Å². The Morgan fingerprint density at radius 1 is 1.24 bits per heavy atom. The predicted octanol–water partition coefficient (Wildman–Crippen LogP) is 5.28. The number of hydrogen-bond donors (Lipinski definition) is 1. The van der Waals surface area contributed by atoms with E-state index in [1.54, 1.807) is 18.0 Å². The van der Waals surface area contributed by atoms with Crippen LogP contribution in [0.5, 0.6) is 0 Å². The smallest absolute Gasteiger partial charge is 0.268 e. The lowest BCUT2D eigenvalue weighted by atomic mass is 9.82.